The van der Waals surface area contributed by atoms with Crippen LogP contribution in [0.2, 0.25) is 5.02 Å². The van der Waals surface area contributed by atoms with Crippen molar-refractivity contribution in [2.24, 2.45) is 0 Å². The zero-order valence-corrected chi connectivity index (χ0v) is 9.66. The summed E-state index contributed by atoms with van der Waals surface area (Å²) in [5.41, 5.74) is 5.15. The monoisotopic (exact) mass is 266 g/mol. The van der Waals surface area contributed by atoms with Crippen LogP contribution >= 0.6 is 11.6 Å². The Hall–Kier alpha value is -2.41. The van der Waals surface area contributed by atoms with Gasteiger partial charge < -0.3 is 10.5 Å². The molecule has 8 heteroatoms. The minimum atomic E-state index is -0.573. The Kier molecular flexibility index (Phi) is 3.24. The molecule has 2 N–H and O–H groups in total. The Morgan fingerprint density at radius 1 is 1.33 bits per heavy atom. The summed E-state index contributed by atoms with van der Waals surface area (Å²) in [6, 6.07) is 3.99. The molecule has 0 bridgehead atoms. The summed E-state index contributed by atoms with van der Waals surface area (Å²) >= 11 is 5.75. The van der Waals surface area contributed by atoms with Gasteiger partial charge in [-0.05, 0) is 6.07 Å². The summed E-state index contributed by atoms with van der Waals surface area (Å²) in [7, 11) is 0. The van der Waals surface area contributed by atoms with Crippen LogP contribution in [-0.2, 0) is 0 Å². The van der Waals surface area contributed by atoms with Crippen molar-refractivity contribution in [3.8, 4) is 11.6 Å². The van der Waals surface area contributed by atoms with E-state index < -0.39 is 4.92 Å². The van der Waals surface area contributed by atoms with Crippen molar-refractivity contribution in [1.29, 1.82) is 0 Å². The number of benzene rings is 1. The van der Waals surface area contributed by atoms with Crippen LogP contribution in [0.5, 0.6) is 11.6 Å². The number of anilines is 1. The average molecular weight is 267 g/mol. The third-order valence-electron chi connectivity index (χ3n) is 1.98. The SMILES string of the molecule is Nc1cnc(Oc2cc(Cl)ccc2[N+](=O)[O-])cn1. The van der Waals surface area contributed by atoms with E-state index in [4.69, 9.17) is 22.1 Å². The van der Waals surface area contributed by atoms with Gasteiger partial charge in [-0.25, -0.2) is 9.97 Å². The van der Waals surface area contributed by atoms with Gasteiger partial charge in [0.1, 0.15) is 5.82 Å². The molecule has 0 aliphatic rings. The van der Waals surface area contributed by atoms with E-state index in [1.54, 1.807) is 0 Å². The molecule has 2 rings (SSSR count). The van der Waals surface area contributed by atoms with E-state index in [1.165, 1.54) is 30.6 Å². The predicted octanol–water partition coefficient (Wildman–Crippen LogP) is 2.41. The van der Waals surface area contributed by atoms with Crippen LogP contribution in [-0.4, -0.2) is 14.9 Å². The number of nitro benzene ring substituents is 1. The van der Waals surface area contributed by atoms with Crippen LogP contribution in [0.1, 0.15) is 0 Å². The van der Waals surface area contributed by atoms with Crippen LogP contribution in [0.3, 0.4) is 0 Å². The molecule has 18 heavy (non-hydrogen) atoms. The molecule has 0 fully saturated rings. The standard InChI is InChI=1S/C10H7ClN4O3/c11-6-1-2-7(15(16)17)8(3-6)18-10-5-13-9(12)4-14-10/h1-5H,(H2,12,13). The van der Waals surface area contributed by atoms with E-state index in [-0.39, 0.29) is 23.1 Å². The molecule has 0 saturated heterocycles. The zero-order chi connectivity index (χ0) is 13.1. The number of rotatable bonds is 3. The van der Waals surface area contributed by atoms with E-state index in [9.17, 15) is 10.1 Å². The second-order valence-electron chi connectivity index (χ2n) is 3.25. The van der Waals surface area contributed by atoms with E-state index in [2.05, 4.69) is 9.97 Å². The summed E-state index contributed by atoms with van der Waals surface area (Å²) in [6.07, 6.45) is 2.55. The molecule has 2 aromatic rings. The van der Waals surface area contributed by atoms with Gasteiger partial charge in [-0.2, -0.15) is 0 Å². The van der Waals surface area contributed by atoms with Gasteiger partial charge in [0.05, 0.1) is 17.3 Å². The minimum Gasteiger partial charge on any atom is -0.430 e. The lowest BCUT2D eigenvalue weighted by atomic mass is 10.3. The second kappa shape index (κ2) is 4.84. The van der Waals surface area contributed by atoms with Gasteiger partial charge >= 0.3 is 5.69 Å². The highest BCUT2D eigenvalue weighted by molar-refractivity contribution is 6.30. The molecule has 0 radical (unpaired) electrons. The summed E-state index contributed by atoms with van der Waals surface area (Å²) in [4.78, 5) is 17.8. The molecule has 0 aliphatic heterocycles. The lowest BCUT2D eigenvalue weighted by Crippen LogP contribution is -1.96. The minimum absolute atomic E-state index is 0.00780. The highest BCUT2D eigenvalue weighted by Gasteiger charge is 2.16. The van der Waals surface area contributed by atoms with Crippen LogP contribution < -0.4 is 10.5 Å². The number of ether oxygens (including phenoxy) is 1. The first-order valence-electron chi connectivity index (χ1n) is 4.75. The molecule has 1 aromatic carbocycles. The molecule has 0 aliphatic carbocycles. The van der Waals surface area contributed by atoms with Crippen LogP contribution in [0.25, 0.3) is 0 Å². The van der Waals surface area contributed by atoms with E-state index in [0.29, 0.717) is 5.02 Å². The van der Waals surface area contributed by atoms with Gasteiger partial charge in [0.15, 0.2) is 0 Å². The van der Waals surface area contributed by atoms with Crippen molar-refractivity contribution in [2.45, 2.75) is 0 Å². The Morgan fingerprint density at radius 2 is 2.11 bits per heavy atom. The van der Waals surface area contributed by atoms with Gasteiger partial charge in [0, 0.05) is 17.2 Å². The normalized spacial score (nSPS) is 10.1. The molecule has 0 amide bonds. The molecule has 92 valence electrons. The fraction of sp³-hybridized carbons (Fsp3) is 0. The summed E-state index contributed by atoms with van der Waals surface area (Å²) in [5.74, 6) is 0.309. The van der Waals surface area contributed by atoms with Crippen molar-refractivity contribution in [1.82, 2.24) is 9.97 Å². The Labute approximate surface area is 106 Å². The predicted molar refractivity (Wildman–Crippen MR) is 64.6 cm³/mol. The number of nitrogens with zero attached hydrogens (tertiary/aromatic N) is 3. The molecular formula is C10H7ClN4O3. The third kappa shape index (κ3) is 2.64. The number of hydrogen-bond acceptors (Lipinski definition) is 6. The van der Waals surface area contributed by atoms with E-state index in [0.717, 1.165) is 0 Å². The largest absolute Gasteiger partial charge is 0.430 e. The maximum Gasteiger partial charge on any atom is 0.311 e. The first kappa shape index (κ1) is 12.1. The first-order chi connectivity index (χ1) is 8.56. The summed E-state index contributed by atoms with van der Waals surface area (Å²) in [5, 5.41) is 11.1. The van der Waals surface area contributed by atoms with Crippen molar-refractivity contribution >= 4 is 23.1 Å². The van der Waals surface area contributed by atoms with Crippen LogP contribution in [0.4, 0.5) is 11.5 Å². The average Bonchev–Trinajstić information content (AvgIpc) is 2.32. The van der Waals surface area contributed by atoms with Gasteiger partial charge in [-0.15, -0.1) is 0 Å². The van der Waals surface area contributed by atoms with Crippen molar-refractivity contribution in [3.63, 3.8) is 0 Å². The number of nitro groups is 1. The number of aromatic nitrogens is 2. The molecule has 0 saturated carbocycles. The molecule has 7 nitrogen and oxygen atoms in total. The molecule has 1 aromatic heterocycles. The smallest absolute Gasteiger partial charge is 0.311 e. The Morgan fingerprint density at radius 3 is 2.72 bits per heavy atom. The van der Waals surface area contributed by atoms with Gasteiger partial charge in [0.25, 0.3) is 0 Å². The topological polar surface area (TPSA) is 104 Å². The highest BCUT2D eigenvalue weighted by Crippen LogP contribution is 2.32. The number of nitrogens with two attached hydrogens (primary N) is 1. The second-order valence-corrected chi connectivity index (χ2v) is 3.69. The first-order valence-corrected chi connectivity index (χ1v) is 5.13. The lowest BCUT2D eigenvalue weighted by Gasteiger charge is -2.05. The number of hydrogen-bond donors (Lipinski definition) is 1. The zero-order valence-electron chi connectivity index (χ0n) is 8.91. The maximum atomic E-state index is 10.8. The van der Waals surface area contributed by atoms with Crippen molar-refractivity contribution in [2.75, 3.05) is 5.73 Å². The molecule has 0 atom stereocenters. The summed E-state index contributed by atoms with van der Waals surface area (Å²) in [6.45, 7) is 0. The molecular weight excluding hydrogens is 260 g/mol. The fourth-order valence-corrected chi connectivity index (χ4v) is 1.37. The molecule has 0 spiro atoms. The van der Waals surface area contributed by atoms with Crippen LogP contribution in [0, 0.1) is 10.1 Å². The van der Waals surface area contributed by atoms with E-state index in [1.807, 2.05) is 0 Å². The maximum absolute atomic E-state index is 10.8. The Balaban J connectivity index is 2.35. The third-order valence-corrected chi connectivity index (χ3v) is 2.22. The van der Waals surface area contributed by atoms with Crippen molar-refractivity contribution < 1.29 is 9.66 Å². The van der Waals surface area contributed by atoms with Gasteiger partial charge in [0.2, 0.25) is 11.6 Å². The highest BCUT2D eigenvalue weighted by atomic mass is 35.5. The lowest BCUT2D eigenvalue weighted by molar-refractivity contribution is -0.385. The quantitative estimate of drug-likeness (QED) is 0.676. The fourth-order valence-electron chi connectivity index (χ4n) is 1.21. The molecule has 1 heterocycles. The molecule has 0 unspecified atom stereocenters. The summed E-state index contributed by atoms with van der Waals surface area (Å²) < 4.78 is 5.25. The number of nitrogen functional groups attached to an aromatic ring is 1. The number of halogens is 1. The Bertz CT molecular complexity index is 588. The van der Waals surface area contributed by atoms with E-state index >= 15 is 0 Å². The van der Waals surface area contributed by atoms with Crippen LogP contribution in [0.15, 0.2) is 30.6 Å². The van der Waals surface area contributed by atoms with Gasteiger partial charge in [-0.1, -0.05) is 11.6 Å². The van der Waals surface area contributed by atoms with Gasteiger partial charge in [-0.3, -0.25) is 10.1 Å². The van der Waals surface area contributed by atoms with Crippen molar-refractivity contribution in [3.05, 3.63) is 45.7 Å².